The maximum Gasteiger partial charge on any atom is 0.193 e. The maximum absolute atomic E-state index is 5.72. The molecule has 0 aliphatic heterocycles. The monoisotopic (exact) mass is 342 g/mol. The molecule has 136 valence electrons. The molecule has 1 aromatic heterocycles. The van der Waals surface area contributed by atoms with Gasteiger partial charge in [-0.2, -0.15) is 0 Å². The number of aromatic nitrogens is 1. The van der Waals surface area contributed by atoms with Crippen LogP contribution < -0.4 is 5.32 Å². The van der Waals surface area contributed by atoms with Crippen molar-refractivity contribution in [2.45, 2.75) is 26.2 Å². The Balaban J connectivity index is 1.44. The van der Waals surface area contributed by atoms with Gasteiger partial charge in [-0.15, -0.1) is 0 Å². The molecule has 2 N–H and O–H groups in total. The Morgan fingerprint density at radius 3 is 3.00 bits per heavy atom. The van der Waals surface area contributed by atoms with Crippen LogP contribution in [0.4, 0.5) is 0 Å². The second-order valence-electron chi connectivity index (χ2n) is 6.98. The second kappa shape index (κ2) is 8.39. The fourth-order valence-electron chi connectivity index (χ4n) is 3.11. The molecule has 1 saturated carbocycles. The van der Waals surface area contributed by atoms with Crippen molar-refractivity contribution in [3.05, 3.63) is 35.5 Å². The molecule has 0 radical (unpaired) electrons. The second-order valence-corrected chi connectivity index (χ2v) is 6.98. The van der Waals surface area contributed by atoms with Crippen LogP contribution in [0.2, 0.25) is 0 Å². The lowest BCUT2D eigenvalue weighted by Crippen LogP contribution is -2.41. The van der Waals surface area contributed by atoms with E-state index in [4.69, 9.17) is 4.74 Å². The zero-order valence-electron chi connectivity index (χ0n) is 15.6. The van der Waals surface area contributed by atoms with Crippen molar-refractivity contribution in [2.75, 3.05) is 40.4 Å². The standard InChI is InChI=1S/C20H30N4O/c1-15-5-4-6-18-17(13-23-19(15)18)9-10-22-20(21-2)24(3)11-12-25-14-16-7-8-16/h4-6,13,16,23H,7-12,14H2,1-3H3,(H,21,22). The summed E-state index contributed by atoms with van der Waals surface area (Å²) < 4.78 is 5.72. The van der Waals surface area contributed by atoms with Gasteiger partial charge in [-0.1, -0.05) is 18.2 Å². The molecule has 0 atom stereocenters. The first-order valence-electron chi connectivity index (χ1n) is 9.24. The van der Waals surface area contributed by atoms with E-state index in [9.17, 15) is 0 Å². The van der Waals surface area contributed by atoms with Crippen LogP contribution in [0, 0.1) is 12.8 Å². The molecule has 2 aromatic rings. The third-order valence-corrected chi connectivity index (χ3v) is 4.88. The number of aryl methyl sites for hydroxylation is 1. The van der Waals surface area contributed by atoms with Gasteiger partial charge in [0, 0.05) is 50.9 Å². The van der Waals surface area contributed by atoms with E-state index in [-0.39, 0.29) is 0 Å². The Morgan fingerprint density at radius 2 is 2.24 bits per heavy atom. The fourth-order valence-corrected chi connectivity index (χ4v) is 3.11. The van der Waals surface area contributed by atoms with E-state index >= 15 is 0 Å². The van der Waals surface area contributed by atoms with Crippen LogP contribution in [-0.2, 0) is 11.2 Å². The Kier molecular flexibility index (Phi) is 5.97. The Morgan fingerprint density at radius 1 is 1.40 bits per heavy atom. The van der Waals surface area contributed by atoms with E-state index in [1.165, 1.54) is 34.9 Å². The van der Waals surface area contributed by atoms with Crippen molar-refractivity contribution in [1.29, 1.82) is 0 Å². The number of hydrogen-bond donors (Lipinski definition) is 2. The van der Waals surface area contributed by atoms with Gasteiger partial charge in [-0.25, -0.2) is 0 Å². The summed E-state index contributed by atoms with van der Waals surface area (Å²) in [7, 11) is 3.89. The van der Waals surface area contributed by atoms with Gasteiger partial charge in [0.25, 0.3) is 0 Å². The number of fused-ring (bicyclic) bond motifs is 1. The summed E-state index contributed by atoms with van der Waals surface area (Å²) in [6.07, 6.45) is 5.77. The molecular formula is C20H30N4O. The highest BCUT2D eigenvalue weighted by molar-refractivity contribution is 5.86. The summed E-state index contributed by atoms with van der Waals surface area (Å²) in [5.41, 5.74) is 3.88. The molecule has 0 amide bonds. The number of rotatable bonds is 8. The van der Waals surface area contributed by atoms with Crippen molar-refractivity contribution in [2.24, 2.45) is 10.9 Å². The number of aliphatic imine (C=N–C) groups is 1. The lowest BCUT2D eigenvalue weighted by molar-refractivity contribution is 0.115. The van der Waals surface area contributed by atoms with Crippen LogP contribution in [-0.4, -0.2) is 56.2 Å². The third kappa shape index (κ3) is 4.75. The minimum Gasteiger partial charge on any atom is -0.379 e. The lowest BCUT2D eigenvalue weighted by Gasteiger charge is -2.22. The van der Waals surface area contributed by atoms with Crippen LogP contribution in [0.25, 0.3) is 10.9 Å². The normalized spacial score (nSPS) is 14.9. The SMILES string of the molecule is CN=C(NCCc1c[nH]c2c(C)cccc12)N(C)CCOCC1CC1. The van der Waals surface area contributed by atoms with Gasteiger partial charge in [-0.3, -0.25) is 4.99 Å². The van der Waals surface area contributed by atoms with E-state index in [1.807, 2.05) is 7.05 Å². The van der Waals surface area contributed by atoms with E-state index in [0.29, 0.717) is 0 Å². The van der Waals surface area contributed by atoms with E-state index in [0.717, 1.165) is 44.6 Å². The number of likely N-dealkylation sites (N-methyl/N-ethyl adjacent to an activating group) is 1. The molecule has 1 fully saturated rings. The first kappa shape index (κ1) is 17.8. The number of para-hydroxylation sites is 1. The van der Waals surface area contributed by atoms with Gasteiger partial charge >= 0.3 is 0 Å². The smallest absolute Gasteiger partial charge is 0.193 e. The number of nitrogens with one attached hydrogen (secondary N) is 2. The Bertz CT molecular complexity index is 718. The van der Waals surface area contributed by atoms with Crippen LogP contribution in [0.15, 0.2) is 29.4 Å². The summed E-state index contributed by atoms with van der Waals surface area (Å²) in [4.78, 5) is 9.90. The molecule has 0 saturated heterocycles. The van der Waals surface area contributed by atoms with E-state index < -0.39 is 0 Å². The third-order valence-electron chi connectivity index (χ3n) is 4.88. The molecule has 1 aliphatic carbocycles. The Labute approximate surface area is 150 Å². The van der Waals surface area contributed by atoms with Crippen LogP contribution in [0.3, 0.4) is 0 Å². The number of nitrogens with zero attached hydrogens (tertiary/aromatic N) is 2. The molecule has 1 aliphatic rings. The number of aromatic amines is 1. The van der Waals surface area contributed by atoms with E-state index in [2.05, 4.69) is 58.6 Å². The summed E-state index contributed by atoms with van der Waals surface area (Å²) >= 11 is 0. The molecule has 1 aromatic carbocycles. The topological polar surface area (TPSA) is 52.7 Å². The number of ether oxygens (including phenoxy) is 1. The summed E-state index contributed by atoms with van der Waals surface area (Å²) in [5, 5.41) is 4.77. The number of hydrogen-bond acceptors (Lipinski definition) is 2. The average Bonchev–Trinajstić information content (AvgIpc) is 3.35. The van der Waals surface area contributed by atoms with Crippen molar-refractivity contribution in [3.8, 4) is 0 Å². The molecule has 25 heavy (non-hydrogen) atoms. The van der Waals surface area contributed by atoms with Gasteiger partial charge in [0.15, 0.2) is 5.96 Å². The largest absolute Gasteiger partial charge is 0.379 e. The quantitative estimate of drug-likeness (QED) is 0.441. The summed E-state index contributed by atoms with van der Waals surface area (Å²) in [5.74, 6) is 1.74. The maximum atomic E-state index is 5.72. The molecule has 0 bridgehead atoms. The lowest BCUT2D eigenvalue weighted by atomic mass is 10.1. The minimum atomic E-state index is 0.759. The van der Waals surface area contributed by atoms with Gasteiger partial charge in [0.2, 0.25) is 0 Å². The summed E-state index contributed by atoms with van der Waals surface area (Å²) in [6.45, 7) is 5.54. The van der Waals surface area contributed by atoms with Gasteiger partial charge in [0.05, 0.1) is 6.61 Å². The molecule has 5 heteroatoms. The van der Waals surface area contributed by atoms with E-state index in [1.54, 1.807) is 0 Å². The van der Waals surface area contributed by atoms with Gasteiger partial charge in [-0.05, 0) is 43.2 Å². The van der Waals surface area contributed by atoms with Gasteiger partial charge in [0.1, 0.15) is 0 Å². The van der Waals surface area contributed by atoms with Crippen LogP contribution in [0.5, 0.6) is 0 Å². The molecule has 0 spiro atoms. The molecule has 3 rings (SSSR count). The zero-order valence-corrected chi connectivity index (χ0v) is 15.6. The number of benzene rings is 1. The van der Waals surface area contributed by atoms with Crippen molar-refractivity contribution in [3.63, 3.8) is 0 Å². The van der Waals surface area contributed by atoms with Crippen molar-refractivity contribution < 1.29 is 4.74 Å². The highest BCUT2D eigenvalue weighted by atomic mass is 16.5. The highest BCUT2D eigenvalue weighted by Gasteiger charge is 2.21. The molecular weight excluding hydrogens is 312 g/mol. The number of H-pyrrole nitrogens is 1. The molecule has 1 heterocycles. The molecule has 5 nitrogen and oxygen atoms in total. The first-order chi connectivity index (χ1) is 12.2. The summed E-state index contributed by atoms with van der Waals surface area (Å²) in [6, 6.07) is 6.45. The first-order valence-corrected chi connectivity index (χ1v) is 9.24. The predicted octanol–water partition coefficient (Wildman–Crippen LogP) is 2.95. The van der Waals surface area contributed by atoms with Gasteiger partial charge < -0.3 is 19.9 Å². The van der Waals surface area contributed by atoms with Crippen LogP contribution in [0.1, 0.15) is 24.0 Å². The predicted molar refractivity (Wildman–Crippen MR) is 104 cm³/mol. The molecule has 0 unspecified atom stereocenters. The highest BCUT2D eigenvalue weighted by Crippen LogP contribution is 2.28. The van der Waals surface area contributed by atoms with Crippen molar-refractivity contribution >= 4 is 16.9 Å². The minimum absolute atomic E-state index is 0.759. The number of guanidine groups is 1. The zero-order chi connectivity index (χ0) is 17.6. The average molecular weight is 342 g/mol. The van der Waals surface area contributed by atoms with Crippen LogP contribution >= 0.6 is 0 Å². The Hall–Kier alpha value is -2.01. The fraction of sp³-hybridized carbons (Fsp3) is 0.550. The van der Waals surface area contributed by atoms with Crippen molar-refractivity contribution in [1.82, 2.24) is 15.2 Å².